The molecule has 0 aliphatic heterocycles. The van der Waals surface area contributed by atoms with Crippen molar-refractivity contribution in [2.75, 3.05) is 4.90 Å². The van der Waals surface area contributed by atoms with Gasteiger partial charge in [-0.05, 0) is 86.9 Å². The molecule has 11 aromatic rings. The van der Waals surface area contributed by atoms with Gasteiger partial charge >= 0.3 is 0 Å². The van der Waals surface area contributed by atoms with Crippen LogP contribution in [0.3, 0.4) is 0 Å². The molecule has 0 saturated heterocycles. The zero-order valence-electron chi connectivity index (χ0n) is 28.7. The van der Waals surface area contributed by atoms with Crippen molar-refractivity contribution in [1.82, 2.24) is 0 Å². The maximum Gasteiger partial charge on any atom is 0.143 e. The third kappa shape index (κ3) is 4.78. The molecule has 0 aliphatic rings. The SMILES string of the molecule is c1ccc(-c2cccc3cccc(-c4ccc(N(c5ccc6c(c5)oc5c7ccccc7ccc65)c5cccc6sc7ccccc7c56)cc4)c23)cc1. The van der Waals surface area contributed by atoms with Crippen LogP contribution in [0.5, 0.6) is 0 Å². The number of anilines is 3. The average Bonchev–Trinajstić information content (AvgIpc) is 3.80. The number of hydrogen-bond donors (Lipinski definition) is 0. The highest BCUT2D eigenvalue weighted by molar-refractivity contribution is 7.26. The van der Waals surface area contributed by atoms with Gasteiger partial charge in [0, 0.05) is 53.8 Å². The highest BCUT2D eigenvalue weighted by Gasteiger charge is 2.21. The molecule has 53 heavy (non-hydrogen) atoms. The summed E-state index contributed by atoms with van der Waals surface area (Å²) in [5.74, 6) is 0. The molecule has 0 fully saturated rings. The van der Waals surface area contributed by atoms with Crippen molar-refractivity contribution in [3.8, 4) is 22.3 Å². The van der Waals surface area contributed by atoms with Gasteiger partial charge in [-0.1, -0.05) is 133 Å². The summed E-state index contributed by atoms with van der Waals surface area (Å²) in [4.78, 5) is 2.40. The van der Waals surface area contributed by atoms with Crippen LogP contribution < -0.4 is 4.90 Å². The van der Waals surface area contributed by atoms with Gasteiger partial charge in [-0.3, -0.25) is 0 Å². The lowest BCUT2D eigenvalue weighted by Crippen LogP contribution is -2.10. The lowest BCUT2D eigenvalue weighted by atomic mass is 9.91. The molecule has 248 valence electrons. The first-order valence-corrected chi connectivity index (χ1v) is 18.8. The van der Waals surface area contributed by atoms with Gasteiger partial charge in [0.25, 0.3) is 0 Å². The number of rotatable bonds is 5. The summed E-state index contributed by atoms with van der Waals surface area (Å²) in [7, 11) is 0. The van der Waals surface area contributed by atoms with Crippen LogP contribution in [-0.4, -0.2) is 0 Å². The van der Waals surface area contributed by atoms with Gasteiger partial charge in [0.15, 0.2) is 0 Å². The molecule has 0 radical (unpaired) electrons. The minimum absolute atomic E-state index is 0.877. The predicted molar refractivity (Wildman–Crippen MR) is 227 cm³/mol. The van der Waals surface area contributed by atoms with Crippen LogP contribution in [0.4, 0.5) is 17.1 Å². The van der Waals surface area contributed by atoms with E-state index in [2.05, 4.69) is 193 Å². The van der Waals surface area contributed by atoms with Crippen LogP contribution in [0.15, 0.2) is 192 Å². The van der Waals surface area contributed by atoms with Crippen LogP contribution in [0.25, 0.3) is 85.9 Å². The minimum atomic E-state index is 0.877. The summed E-state index contributed by atoms with van der Waals surface area (Å²) in [6, 6.07) is 67.9. The fraction of sp³-hybridized carbons (Fsp3) is 0. The smallest absolute Gasteiger partial charge is 0.143 e. The maximum absolute atomic E-state index is 6.71. The fourth-order valence-corrected chi connectivity index (χ4v) is 9.36. The van der Waals surface area contributed by atoms with Crippen molar-refractivity contribution >= 4 is 92.1 Å². The summed E-state index contributed by atoms with van der Waals surface area (Å²) in [5.41, 5.74) is 9.96. The Kier molecular flexibility index (Phi) is 6.76. The molecule has 9 aromatic carbocycles. The van der Waals surface area contributed by atoms with Crippen LogP contribution in [0, 0.1) is 0 Å². The quantitative estimate of drug-likeness (QED) is 0.178. The molecule has 2 heterocycles. The van der Waals surface area contributed by atoms with Gasteiger partial charge in [0.2, 0.25) is 0 Å². The number of fused-ring (bicyclic) bond motifs is 9. The molecular weight excluding hydrogens is 663 g/mol. The van der Waals surface area contributed by atoms with Crippen molar-refractivity contribution in [2.45, 2.75) is 0 Å². The Morgan fingerprint density at radius 3 is 1.87 bits per heavy atom. The lowest BCUT2D eigenvalue weighted by Gasteiger charge is -2.27. The lowest BCUT2D eigenvalue weighted by molar-refractivity contribution is 0.673. The molecule has 3 heteroatoms. The Bertz CT molecular complexity index is 3170. The topological polar surface area (TPSA) is 16.4 Å². The first-order chi connectivity index (χ1) is 26.3. The molecular formula is C50H31NOS. The van der Waals surface area contributed by atoms with E-state index >= 15 is 0 Å². The van der Waals surface area contributed by atoms with Gasteiger partial charge in [0.1, 0.15) is 11.2 Å². The Balaban J connectivity index is 1.11. The van der Waals surface area contributed by atoms with E-state index in [0.29, 0.717) is 0 Å². The predicted octanol–water partition coefficient (Wildman–Crippen LogP) is 15.1. The minimum Gasteiger partial charge on any atom is -0.455 e. The largest absolute Gasteiger partial charge is 0.455 e. The van der Waals surface area contributed by atoms with Gasteiger partial charge in [-0.2, -0.15) is 0 Å². The Morgan fingerprint density at radius 1 is 0.396 bits per heavy atom. The second kappa shape index (κ2) is 11.9. The van der Waals surface area contributed by atoms with Crippen LogP contribution in [-0.2, 0) is 0 Å². The zero-order chi connectivity index (χ0) is 34.9. The van der Waals surface area contributed by atoms with E-state index in [0.717, 1.165) is 44.4 Å². The van der Waals surface area contributed by atoms with E-state index in [1.165, 1.54) is 58.6 Å². The van der Waals surface area contributed by atoms with Crippen LogP contribution >= 0.6 is 11.3 Å². The Hall–Kier alpha value is -6.68. The number of benzene rings is 9. The van der Waals surface area contributed by atoms with Crippen LogP contribution in [0.1, 0.15) is 0 Å². The summed E-state index contributed by atoms with van der Waals surface area (Å²) in [6.07, 6.45) is 0. The molecule has 0 saturated carbocycles. The summed E-state index contributed by atoms with van der Waals surface area (Å²) >= 11 is 1.85. The monoisotopic (exact) mass is 693 g/mol. The van der Waals surface area contributed by atoms with Gasteiger partial charge in [-0.25, -0.2) is 0 Å². The van der Waals surface area contributed by atoms with E-state index in [4.69, 9.17) is 4.42 Å². The van der Waals surface area contributed by atoms with E-state index in [1.54, 1.807) is 0 Å². The standard InChI is InChI=1S/C50H31NOS/c1-2-11-32(12-3-1)38-18-8-14-35-15-9-19-39(48(35)38)34-23-26-36(27-24-34)51(44-20-10-22-47-49(44)43-17-6-7-21-46(43)53-47)37-28-30-41-42-29-25-33-13-4-5-16-40(33)50(42)52-45(41)31-37/h1-31H. The summed E-state index contributed by atoms with van der Waals surface area (Å²) < 4.78 is 9.27. The highest BCUT2D eigenvalue weighted by Crippen LogP contribution is 2.47. The number of thiophene rings is 1. The molecule has 0 amide bonds. The third-order valence-electron chi connectivity index (χ3n) is 10.7. The van der Waals surface area contributed by atoms with Gasteiger partial charge in [0.05, 0.1) is 5.69 Å². The molecule has 0 atom stereocenters. The van der Waals surface area contributed by atoms with E-state index in [-0.39, 0.29) is 0 Å². The van der Waals surface area contributed by atoms with Gasteiger partial charge < -0.3 is 9.32 Å². The third-order valence-corrected chi connectivity index (χ3v) is 11.8. The molecule has 0 bridgehead atoms. The fourth-order valence-electron chi connectivity index (χ4n) is 8.23. The Labute approximate surface area is 310 Å². The summed E-state index contributed by atoms with van der Waals surface area (Å²) in [6.45, 7) is 0. The van der Waals surface area contributed by atoms with Crippen LogP contribution in [0.2, 0.25) is 0 Å². The van der Waals surface area contributed by atoms with E-state index in [1.807, 2.05) is 11.3 Å². The van der Waals surface area contributed by atoms with Crippen molar-refractivity contribution < 1.29 is 4.42 Å². The van der Waals surface area contributed by atoms with E-state index in [9.17, 15) is 0 Å². The molecule has 0 spiro atoms. The number of nitrogens with zero attached hydrogens (tertiary/aromatic N) is 1. The molecule has 0 unspecified atom stereocenters. The van der Waals surface area contributed by atoms with Crippen molar-refractivity contribution in [1.29, 1.82) is 0 Å². The molecule has 2 nitrogen and oxygen atoms in total. The maximum atomic E-state index is 6.71. The second-order valence-electron chi connectivity index (χ2n) is 13.7. The number of hydrogen-bond acceptors (Lipinski definition) is 3. The van der Waals surface area contributed by atoms with Crippen molar-refractivity contribution in [3.63, 3.8) is 0 Å². The number of furan rings is 1. The molecule has 11 rings (SSSR count). The zero-order valence-corrected chi connectivity index (χ0v) is 29.5. The normalized spacial score (nSPS) is 11.8. The average molecular weight is 694 g/mol. The van der Waals surface area contributed by atoms with Crippen molar-refractivity contribution in [2.24, 2.45) is 0 Å². The summed E-state index contributed by atoms with van der Waals surface area (Å²) in [5, 5.41) is 9.60. The Morgan fingerprint density at radius 2 is 1.04 bits per heavy atom. The first-order valence-electron chi connectivity index (χ1n) is 18.0. The first kappa shape index (κ1) is 30.0. The van der Waals surface area contributed by atoms with E-state index < -0.39 is 0 Å². The van der Waals surface area contributed by atoms with Crippen molar-refractivity contribution in [3.05, 3.63) is 188 Å². The molecule has 0 aliphatic carbocycles. The highest BCUT2D eigenvalue weighted by atomic mass is 32.1. The second-order valence-corrected chi connectivity index (χ2v) is 14.7. The van der Waals surface area contributed by atoms with Gasteiger partial charge in [-0.15, -0.1) is 11.3 Å². The molecule has 0 N–H and O–H groups in total. The molecule has 2 aromatic heterocycles.